The quantitative estimate of drug-likeness (QED) is 0.642. The predicted molar refractivity (Wildman–Crippen MR) is 79.0 cm³/mol. The van der Waals surface area contributed by atoms with Crippen molar-refractivity contribution in [1.82, 2.24) is 0 Å². The Balaban J connectivity index is 3.26. The van der Waals surface area contributed by atoms with Crippen LogP contribution in [0.1, 0.15) is 20.8 Å². The zero-order valence-electron chi connectivity index (χ0n) is 11.0. The van der Waals surface area contributed by atoms with Crippen LogP contribution in [-0.2, 0) is 0 Å². The molecule has 0 saturated heterocycles. The van der Waals surface area contributed by atoms with E-state index in [-0.39, 0.29) is 21.7 Å². The van der Waals surface area contributed by atoms with Gasteiger partial charge < -0.3 is 11.1 Å². The third-order valence-corrected chi connectivity index (χ3v) is 4.08. The number of nitro groups is 1. The molecular weight excluding hydrogens is 289 g/mol. The maximum Gasteiger partial charge on any atom is 0.293 e. The molecule has 0 amide bonds. The molecule has 0 aliphatic heterocycles. The fraction of sp³-hybridized carbons (Fsp3) is 0.500. The Hall–Kier alpha value is -1.04. The number of nitrogens with zero attached hydrogens (tertiary/aromatic N) is 1. The minimum Gasteiger partial charge on any atom is -0.373 e. The number of nitrogens with one attached hydrogen (secondary N) is 1. The van der Waals surface area contributed by atoms with Gasteiger partial charge in [0.2, 0.25) is 0 Å². The summed E-state index contributed by atoms with van der Waals surface area (Å²) in [5, 5.41) is 14.6. The molecule has 0 aliphatic rings. The molecule has 1 unspecified atom stereocenters. The molecule has 0 heterocycles. The summed E-state index contributed by atoms with van der Waals surface area (Å²) in [6.45, 7) is 6.22. The number of halogens is 2. The van der Waals surface area contributed by atoms with E-state index in [2.05, 4.69) is 5.32 Å². The van der Waals surface area contributed by atoms with Crippen molar-refractivity contribution in [1.29, 1.82) is 0 Å². The van der Waals surface area contributed by atoms with Gasteiger partial charge in [0.15, 0.2) is 0 Å². The van der Waals surface area contributed by atoms with Crippen molar-refractivity contribution in [2.24, 2.45) is 11.7 Å². The van der Waals surface area contributed by atoms with E-state index in [0.717, 1.165) is 0 Å². The van der Waals surface area contributed by atoms with E-state index in [9.17, 15) is 10.1 Å². The highest BCUT2D eigenvalue weighted by atomic mass is 35.5. The Labute approximate surface area is 122 Å². The van der Waals surface area contributed by atoms with E-state index >= 15 is 0 Å². The topological polar surface area (TPSA) is 81.2 Å². The molecule has 3 N–H and O–H groups in total. The molecule has 7 heteroatoms. The minimum absolute atomic E-state index is 0.116. The molecule has 0 saturated carbocycles. The lowest BCUT2D eigenvalue weighted by molar-refractivity contribution is -0.384. The first-order valence-electron chi connectivity index (χ1n) is 5.83. The third-order valence-electron chi connectivity index (χ3n) is 3.35. The summed E-state index contributed by atoms with van der Waals surface area (Å²) in [4.78, 5) is 10.6. The Morgan fingerprint density at radius 2 is 1.95 bits per heavy atom. The zero-order chi connectivity index (χ0) is 14.8. The maximum absolute atomic E-state index is 11.1. The summed E-state index contributed by atoms with van der Waals surface area (Å²) in [7, 11) is 0. The predicted octanol–water partition coefficient (Wildman–Crippen LogP) is 3.69. The van der Waals surface area contributed by atoms with E-state index < -0.39 is 10.5 Å². The molecule has 0 radical (unpaired) electrons. The molecule has 5 nitrogen and oxygen atoms in total. The Morgan fingerprint density at radius 1 is 1.42 bits per heavy atom. The van der Waals surface area contributed by atoms with Crippen molar-refractivity contribution in [2.45, 2.75) is 26.3 Å². The van der Waals surface area contributed by atoms with Gasteiger partial charge >= 0.3 is 0 Å². The van der Waals surface area contributed by atoms with Crippen molar-refractivity contribution in [3.63, 3.8) is 0 Å². The van der Waals surface area contributed by atoms with Crippen molar-refractivity contribution >= 4 is 34.6 Å². The van der Waals surface area contributed by atoms with Gasteiger partial charge in [-0.1, -0.05) is 37.0 Å². The van der Waals surface area contributed by atoms with Gasteiger partial charge in [0, 0.05) is 18.2 Å². The second-order valence-corrected chi connectivity index (χ2v) is 5.76. The Morgan fingerprint density at radius 3 is 2.37 bits per heavy atom. The van der Waals surface area contributed by atoms with Crippen LogP contribution in [0.2, 0.25) is 10.0 Å². The van der Waals surface area contributed by atoms with Gasteiger partial charge in [0.1, 0.15) is 5.69 Å². The second kappa shape index (κ2) is 5.94. The highest BCUT2D eigenvalue weighted by Crippen LogP contribution is 2.36. The summed E-state index contributed by atoms with van der Waals surface area (Å²) in [5.41, 5.74) is 5.49. The van der Waals surface area contributed by atoms with E-state index in [1.54, 1.807) is 0 Å². The number of nitro benzene ring substituents is 1. The maximum atomic E-state index is 11.1. The van der Waals surface area contributed by atoms with Gasteiger partial charge in [-0.2, -0.15) is 0 Å². The Bertz CT molecular complexity index is 494. The minimum atomic E-state index is -0.498. The van der Waals surface area contributed by atoms with Crippen molar-refractivity contribution in [3.05, 3.63) is 32.3 Å². The number of rotatable bonds is 5. The highest BCUT2D eigenvalue weighted by molar-refractivity contribution is 6.42. The average Bonchev–Trinajstić information content (AvgIpc) is 2.32. The number of hydrogen-bond acceptors (Lipinski definition) is 4. The molecule has 1 aromatic rings. The van der Waals surface area contributed by atoms with Gasteiger partial charge in [-0.05, 0) is 18.9 Å². The summed E-state index contributed by atoms with van der Waals surface area (Å²) < 4.78 is 0. The SMILES string of the molecule is CC(C)C(C)(CN)Nc1cc(Cl)c(Cl)cc1[N+](=O)[O-]. The summed E-state index contributed by atoms with van der Waals surface area (Å²) >= 11 is 11.7. The van der Waals surface area contributed by atoms with Crippen LogP contribution < -0.4 is 11.1 Å². The van der Waals surface area contributed by atoms with Crippen LogP contribution >= 0.6 is 23.2 Å². The zero-order valence-corrected chi connectivity index (χ0v) is 12.5. The summed E-state index contributed by atoms with van der Waals surface area (Å²) in [6, 6.07) is 2.70. The summed E-state index contributed by atoms with van der Waals surface area (Å²) in [6.07, 6.45) is 0. The lowest BCUT2D eigenvalue weighted by Crippen LogP contribution is -2.47. The first-order valence-corrected chi connectivity index (χ1v) is 6.58. The molecular formula is C12H17Cl2N3O2. The van der Waals surface area contributed by atoms with Crippen LogP contribution in [0.3, 0.4) is 0 Å². The Kier molecular flexibility index (Phi) is 5.01. The second-order valence-electron chi connectivity index (χ2n) is 4.94. The van der Waals surface area contributed by atoms with Crippen LogP contribution in [0.5, 0.6) is 0 Å². The number of nitrogens with two attached hydrogens (primary N) is 1. The molecule has 1 aromatic carbocycles. The van der Waals surface area contributed by atoms with E-state index in [0.29, 0.717) is 12.2 Å². The number of hydrogen-bond donors (Lipinski definition) is 2. The summed E-state index contributed by atoms with van der Waals surface area (Å²) in [5.74, 6) is 0.187. The fourth-order valence-corrected chi connectivity index (χ4v) is 1.85. The van der Waals surface area contributed by atoms with Crippen LogP contribution in [0.15, 0.2) is 12.1 Å². The van der Waals surface area contributed by atoms with Gasteiger partial charge in [-0.15, -0.1) is 0 Å². The molecule has 19 heavy (non-hydrogen) atoms. The van der Waals surface area contributed by atoms with Gasteiger partial charge in [0.25, 0.3) is 5.69 Å². The van der Waals surface area contributed by atoms with Crippen molar-refractivity contribution in [2.75, 3.05) is 11.9 Å². The highest BCUT2D eigenvalue weighted by Gasteiger charge is 2.29. The fourth-order valence-electron chi connectivity index (χ4n) is 1.53. The first kappa shape index (κ1) is 16.0. The van der Waals surface area contributed by atoms with Gasteiger partial charge in [-0.25, -0.2) is 0 Å². The smallest absolute Gasteiger partial charge is 0.293 e. The molecule has 1 atom stereocenters. The lowest BCUT2D eigenvalue weighted by Gasteiger charge is -2.34. The molecule has 1 rings (SSSR count). The molecule has 0 fully saturated rings. The van der Waals surface area contributed by atoms with Crippen LogP contribution in [0.25, 0.3) is 0 Å². The van der Waals surface area contributed by atoms with Crippen molar-refractivity contribution in [3.8, 4) is 0 Å². The van der Waals surface area contributed by atoms with Gasteiger partial charge in [-0.3, -0.25) is 10.1 Å². The van der Waals surface area contributed by atoms with Crippen LogP contribution in [0.4, 0.5) is 11.4 Å². The standard InChI is InChI=1S/C12H17Cl2N3O2/c1-7(2)12(3,6-15)16-10-4-8(13)9(14)5-11(10)17(18)19/h4-5,7,16H,6,15H2,1-3H3. The van der Waals surface area contributed by atoms with E-state index in [1.165, 1.54) is 12.1 Å². The van der Waals surface area contributed by atoms with Gasteiger partial charge in [0.05, 0.1) is 15.0 Å². The molecule has 0 spiro atoms. The lowest BCUT2D eigenvalue weighted by atomic mass is 9.88. The average molecular weight is 306 g/mol. The van der Waals surface area contributed by atoms with E-state index in [1.807, 2.05) is 20.8 Å². The van der Waals surface area contributed by atoms with Crippen LogP contribution in [-0.4, -0.2) is 17.0 Å². The number of benzene rings is 1. The third kappa shape index (κ3) is 3.49. The normalized spacial score (nSPS) is 14.3. The largest absolute Gasteiger partial charge is 0.373 e. The van der Waals surface area contributed by atoms with E-state index in [4.69, 9.17) is 28.9 Å². The molecule has 0 bridgehead atoms. The monoisotopic (exact) mass is 305 g/mol. The van der Waals surface area contributed by atoms with Crippen molar-refractivity contribution < 1.29 is 4.92 Å². The molecule has 0 aliphatic carbocycles. The number of anilines is 1. The first-order chi connectivity index (χ1) is 8.71. The van der Waals surface area contributed by atoms with Crippen LogP contribution in [0, 0.1) is 16.0 Å². The molecule has 106 valence electrons. The molecule has 0 aromatic heterocycles.